The first kappa shape index (κ1) is 17.7. The number of fused-ring (bicyclic) bond motifs is 2. The number of thioether (sulfide) groups is 1. The summed E-state index contributed by atoms with van der Waals surface area (Å²) in [6.45, 7) is 2.96. The summed E-state index contributed by atoms with van der Waals surface area (Å²) < 4.78 is 11.6. The summed E-state index contributed by atoms with van der Waals surface area (Å²) in [4.78, 5) is 21.9. The minimum atomic E-state index is -0.173. The molecular weight excluding hydrogens is 362 g/mol. The number of ether oxygens (including phenoxy) is 2. The molecular formula is C20H21N3O3S. The molecule has 6 nitrogen and oxygen atoms in total. The minimum Gasteiger partial charge on any atom is -0.486 e. The number of para-hydroxylation sites is 2. The molecule has 0 bridgehead atoms. The van der Waals surface area contributed by atoms with Crippen molar-refractivity contribution in [1.29, 1.82) is 0 Å². The second kappa shape index (κ2) is 7.52. The molecule has 1 aromatic heterocycles. The predicted octanol–water partition coefficient (Wildman–Crippen LogP) is 3.26. The maximum atomic E-state index is 12.5. The highest BCUT2D eigenvalue weighted by atomic mass is 32.2. The fraction of sp³-hybridized carbons (Fsp3) is 0.300. The van der Waals surface area contributed by atoms with Gasteiger partial charge in [-0.25, -0.2) is 4.98 Å². The van der Waals surface area contributed by atoms with Crippen molar-refractivity contribution in [2.45, 2.75) is 18.2 Å². The molecule has 2 aromatic carbocycles. The highest BCUT2D eigenvalue weighted by Crippen LogP contribution is 2.31. The molecule has 1 amide bonds. The number of carbonyl (C=O) groups excluding carboxylic acids is 1. The van der Waals surface area contributed by atoms with E-state index in [-0.39, 0.29) is 12.0 Å². The Hall–Kier alpha value is -2.67. The lowest BCUT2D eigenvalue weighted by atomic mass is 10.2. The average Bonchev–Trinajstić information content (AvgIpc) is 3.08. The molecule has 0 saturated carbocycles. The van der Waals surface area contributed by atoms with Crippen molar-refractivity contribution in [2.75, 3.05) is 26.0 Å². The number of hydrogen-bond acceptors (Lipinski definition) is 5. The number of amides is 1. The van der Waals surface area contributed by atoms with Crippen molar-refractivity contribution in [3.05, 3.63) is 48.0 Å². The highest BCUT2D eigenvalue weighted by molar-refractivity contribution is 7.99. The summed E-state index contributed by atoms with van der Waals surface area (Å²) in [5, 5.41) is 0.753. The molecule has 7 heteroatoms. The Balaban J connectivity index is 1.31. The van der Waals surface area contributed by atoms with Gasteiger partial charge in [0.05, 0.1) is 23.3 Å². The first-order valence-corrected chi connectivity index (χ1v) is 9.78. The maximum Gasteiger partial charge on any atom is 0.232 e. The van der Waals surface area contributed by atoms with E-state index in [2.05, 4.69) is 16.0 Å². The molecule has 0 fully saturated rings. The standard InChI is InChI=1S/C20H21N3O3S/c1-13-7-8-15-16(9-13)22-20(21-15)27-12-19(24)23(2)10-14-11-25-17-5-3-4-6-18(17)26-14/h3-9,14H,10-12H2,1-2H3,(H,21,22)/t14-/m0/s1. The van der Waals surface area contributed by atoms with Gasteiger partial charge in [-0.2, -0.15) is 0 Å². The smallest absolute Gasteiger partial charge is 0.232 e. The van der Waals surface area contributed by atoms with Crippen molar-refractivity contribution in [3.63, 3.8) is 0 Å². The molecule has 4 rings (SSSR count). The lowest BCUT2D eigenvalue weighted by Crippen LogP contribution is -2.42. The lowest BCUT2D eigenvalue weighted by molar-refractivity contribution is -0.128. The molecule has 3 aromatic rings. The highest BCUT2D eigenvalue weighted by Gasteiger charge is 2.23. The number of aromatic nitrogens is 2. The van der Waals surface area contributed by atoms with Gasteiger partial charge in [0, 0.05) is 7.05 Å². The third-order valence-electron chi connectivity index (χ3n) is 4.42. The van der Waals surface area contributed by atoms with E-state index >= 15 is 0 Å². The largest absolute Gasteiger partial charge is 0.486 e. The number of aromatic amines is 1. The van der Waals surface area contributed by atoms with Crippen LogP contribution in [0.5, 0.6) is 11.5 Å². The average molecular weight is 383 g/mol. The number of benzene rings is 2. The molecule has 0 spiro atoms. The van der Waals surface area contributed by atoms with E-state index in [0.29, 0.717) is 18.9 Å². The fourth-order valence-corrected chi connectivity index (χ4v) is 3.79. The zero-order valence-corrected chi connectivity index (χ0v) is 16.1. The molecule has 1 aliphatic rings. The van der Waals surface area contributed by atoms with Crippen molar-refractivity contribution < 1.29 is 14.3 Å². The van der Waals surface area contributed by atoms with Crippen LogP contribution in [0, 0.1) is 6.92 Å². The molecule has 0 radical (unpaired) electrons. The third kappa shape index (κ3) is 4.03. The monoisotopic (exact) mass is 383 g/mol. The van der Waals surface area contributed by atoms with Crippen LogP contribution in [0.2, 0.25) is 0 Å². The quantitative estimate of drug-likeness (QED) is 0.685. The van der Waals surface area contributed by atoms with Crippen LogP contribution in [0.15, 0.2) is 47.6 Å². The van der Waals surface area contributed by atoms with Crippen molar-refractivity contribution >= 4 is 28.7 Å². The number of imidazole rings is 1. The molecule has 0 saturated heterocycles. The number of nitrogens with one attached hydrogen (secondary N) is 1. The van der Waals surface area contributed by atoms with Crippen LogP contribution in [0.1, 0.15) is 5.56 Å². The van der Waals surface area contributed by atoms with Gasteiger partial charge in [0.25, 0.3) is 0 Å². The number of carbonyl (C=O) groups is 1. The Morgan fingerprint density at radius 1 is 1.30 bits per heavy atom. The summed E-state index contributed by atoms with van der Waals surface area (Å²) in [6.07, 6.45) is -0.173. The molecule has 2 heterocycles. The molecule has 1 aliphatic heterocycles. The van der Waals surface area contributed by atoms with Gasteiger partial charge in [0.15, 0.2) is 22.8 Å². The lowest BCUT2D eigenvalue weighted by Gasteiger charge is -2.29. The Kier molecular flexibility index (Phi) is 4.94. The van der Waals surface area contributed by atoms with Gasteiger partial charge < -0.3 is 19.4 Å². The van der Waals surface area contributed by atoms with Crippen molar-refractivity contribution in [3.8, 4) is 11.5 Å². The van der Waals surface area contributed by atoms with Crippen LogP contribution < -0.4 is 9.47 Å². The molecule has 1 N–H and O–H groups in total. The molecule has 140 valence electrons. The molecule has 0 aliphatic carbocycles. The van der Waals surface area contributed by atoms with Crippen LogP contribution in [0.3, 0.4) is 0 Å². The van der Waals surface area contributed by atoms with Gasteiger partial charge in [-0.3, -0.25) is 4.79 Å². The number of rotatable bonds is 5. The van der Waals surface area contributed by atoms with Gasteiger partial charge >= 0.3 is 0 Å². The zero-order valence-electron chi connectivity index (χ0n) is 15.3. The predicted molar refractivity (Wildman–Crippen MR) is 106 cm³/mol. The summed E-state index contributed by atoms with van der Waals surface area (Å²) in [5.41, 5.74) is 3.08. The summed E-state index contributed by atoms with van der Waals surface area (Å²) in [6, 6.07) is 13.6. The Morgan fingerprint density at radius 2 is 2.11 bits per heavy atom. The Labute approximate surface area is 161 Å². The summed E-state index contributed by atoms with van der Waals surface area (Å²) in [7, 11) is 1.79. The van der Waals surface area contributed by atoms with E-state index in [1.807, 2.05) is 43.3 Å². The van der Waals surface area contributed by atoms with E-state index in [4.69, 9.17) is 9.47 Å². The van der Waals surface area contributed by atoms with Crippen LogP contribution in [-0.2, 0) is 4.79 Å². The van der Waals surface area contributed by atoms with Crippen LogP contribution >= 0.6 is 11.8 Å². The van der Waals surface area contributed by atoms with Crippen molar-refractivity contribution in [2.24, 2.45) is 0 Å². The Morgan fingerprint density at radius 3 is 2.96 bits per heavy atom. The summed E-state index contributed by atoms with van der Waals surface area (Å²) >= 11 is 1.41. The number of hydrogen-bond donors (Lipinski definition) is 1. The number of nitrogens with zero attached hydrogens (tertiary/aromatic N) is 2. The second-order valence-electron chi connectivity index (χ2n) is 6.62. The first-order chi connectivity index (χ1) is 13.1. The van der Waals surface area contributed by atoms with E-state index in [9.17, 15) is 4.79 Å². The number of aryl methyl sites for hydroxylation is 1. The third-order valence-corrected chi connectivity index (χ3v) is 5.28. The molecule has 1 atom stereocenters. The van der Waals surface area contributed by atoms with E-state index in [1.54, 1.807) is 11.9 Å². The van der Waals surface area contributed by atoms with Gasteiger partial charge in [0.2, 0.25) is 5.91 Å². The SMILES string of the molecule is Cc1ccc2nc(SCC(=O)N(C)C[C@H]3COc4ccccc4O3)[nH]c2c1. The number of likely N-dealkylation sites (N-methyl/N-ethyl adjacent to an activating group) is 1. The van der Waals surface area contributed by atoms with Crippen LogP contribution in [-0.4, -0.2) is 52.8 Å². The molecule has 27 heavy (non-hydrogen) atoms. The zero-order chi connectivity index (χ0) is 18.8. The van der Waals surface area contributed by atoms with Crippen LogP contribution in [0.25, 0.3) is 11.0 Å². The van der Waals surface area contributed by atoms with Gasteiger partial charge in [-0.05, 0) is 36.8 Å². The van der Waals surface area contributed by atoms with E-state index < -0.39 is 0 Å². The van der Waals surface area contributed by atoms with Gasteiger partial charge in [-0.15, -0.1) is 0 Å². The maximum absolute atomic E-state index is 12.5. The fourth-order valence-electron chi connectivity index (χ4n) is 2.97. The van der Waals surface area contributed by atoms with E-state index in [0.717, 1.165) is 27.7 Å². The first-order valence-electron chi connectivity index (χ1n) is 8.80. The van der Waals surface area contributed by atoms with E-state index in [1.165, 1.54) is 17.3 Å². The van der Waals surface area contributed by atoms with Gasteiger partial charge in [-0.1, -0.05) is 30.0 Å². The Bertz CT molecular complexity index is 972. The molecule has 0 unspecified atom stereocenters. The normalized spacial score (nSPS) is 15.7. The topological polar surface area (TPSA) is 67.5 Å². The van der Waals surface area contributed by atoms with Crippen molar-refractivity contribution in [1.82, 2.24) is 14.9 Å². The number of H-pyrrole nitrogens is 1. The second-order valence-corrected chi connectivity index (χ2v) is 7.59. The minimum absolute atomic E-state index is 0.0269. The van der Waals surface area contributed by atoms with Crippen LogP contribution in [0.4, 0.5) is 0 Å². The summed E-state index contributed by atoms with van der Waals surface area (Å²) in [5.74, 6) is 1.82. The van der Waals surface area contributed by atoms with Gasteiger partial charge in [0.1, 0.15) is 6.61 Å².